The average molecular weight is 556 g/mol. The van der Waals surface area contributed by atoms with Crippen LogP contribution in [0.15, 0.2) is 83.8 Å². The van der Waals surface area contributed by atoms with Crippen molar-refractivity contribution < 1.29 is 40.0 Å². The van der Waals surface area contributed by atoms with E-state index in [0.29, 0.717) is 10.6 Å². The molecule has 0 heterocycles. The Morgan fingerprint density at radius 1 is 1.00 bits per heavy atom. The normalized spacial score (nSPS) is 12.4. The predicted octanol–water partition coefficient (Wildman–Crippen LogP) is 4.55. The van der Waals surface area contributed by atoms with Gasteiger partial charge in [-0.3, -0.25) is 9.52 Å². The molecule has 0 saturated carbocycles. The molecule has 2 atom stereocenters. The summed E-state index contributed by atoms with van der Waals surface area (Å²) >= 11 is 0. The van der Waals surface area contributed by atoms with E-state index in [1.165, 1.54) is 17.0 Å². The molecular formula is C26H32F3N3O5S. The summed E-state index contributed by atoms with van der Waals surface area (Å²) in [6.45, 7) is 3.64. The Kier molecular flexibility index (Phi) is 10.8. The van der Waals surface area contributed by atoms with Crippen molar-refractivity contribution in [2.45, 2.75) is 37.6 Å². The van der Waals surface area contributed by atoms with E-state index in [9.17, 15) is 27.0 Å². The number of carbonyl (C=O) groups is 2. The van der Waals surface area contributed by atoms with E-state index in [2.05, 4.69) is 14.8 Å². The van der Waals surface area contributed by atoms with E-state index in [4.69, 9.17) is 0 Å². The molecule has 0 aromatic heterocycles. The topological polar surface area (TPSA) is 119 Å². The highest BCUT2D eigenvalue weighted by Crippen LogP contribution is 2.26. The quantitative estimate of drug-likeness (QED) is 0.403. The molecule has 0 fully saturated rings. The molecule has 0 aliphatic rings. The van der Waals surface area contributed by atoms with Crippen LogP contribution in [0, 0.1) is 6.92 Å². The lowest BCUT2D eigenvalue weighted by Crippen LogP contribution is -2.52. The fourth-order valence-electron chi connectivity index (χ4n) is 3.62. The second-order valence-corrected chi connectivity index (χ2v) is 9.16. The number of ether oxygens (including phenoxy) is 1. The SMILES string of the molecule is CCN(C(=O)C(Cc1ccccc1)NC(=O)NS(=O)c1ccccc1C)c1ccc(OC(F)(F)F)cc1.O.[HH].[HH]. The predicted molar refractivity (Wildman–Crippen MR) is 142 cm³/mol. The summed E-state index contributed by atoms with van der Waals surface area (Å²) in [5, 5.41) is 2.60. The van der Waals surface area contributed by atoms with Gasteiger partial charge in [0.1, 0.15) is 11.8 Å². The Morgan fingerprint density at radius 2 is 1.61 bits per heavy atom. The van der Waals surface area contributed by atoms with Gasteiger partial charge in [-0.25, -0.2) is 9.00 Å². The van der Waals surface area contributed by atoms with Crippen LogP contribution in [0.2, 0.25) is 0 Å². The minimum Gasteiger partial charge on any atom is -0.412 e. The molecular weight excluding hydrogens is 523 g/mol. The van der Waals surface area contributed by atoms with Crippen molar-refractivity contribution in [3.05, 3.63) is 90.0 Å². The highest BCUT2D eigenvalue weighted by molar-refractivity contribution is 7.83. The van der Waals surface area contributed by atoms with Crippen molar-refractivity contribution in [1.82, 2.24) is 10.0 Å². The van der Waals surface area contributed by atoms with E-state index in [1.54, 1.807) is 62.4 Å². The van der Waals surface area contributed by atoms with E-state index in [-0.39, 0.29) is 21.3 Å². The van der Waals surface area contributed by atoms with E-state index in [1.807, 2.05) is 6.07 Å². The van der Waals surface area contributed by atoms with Gasteiger partial charge in [0.25, 0.3) is 0 Å². The third kappa shape index (κ3) is 8.60. The maximum atomic E-state index is 13.5. The van der Waals surface area contributed by atoms with Gasteiger partial charge < -0.3 is 20.4 Å². The van der Waals surface area contributed by atoms with Gasteiger partial charge in [0.05, 0.1) is 4.90 Å². The standard InChI is InChI=1S/C26H26F3N3O4S.H2O.2H2/c1-3-32(20-13-15-21(16-14-20)36-26(27,28)29)24(33)22(17-19-10-5-4-6-11-19)30-25(34)31-37(35)23-12-8-7-9-18(23)2;;;/h4-16,22H,3,17H2,1-2H3,(H2,30,31,34);1H2;2*1H. The molecule has 38 heavy (non-hydrogen) atoms. The van der Waals surface area contributed by atoms with Gasteiger partial charge in [0, 0.05) is 21.5 Å². The zero-order valence-corrected chi connectivity index (χ0v) is 21.4. The third-order valence-corrected chi connectivity index (χ3v) is 6.56. The Bertz CT molecular complexity index is 1250. The first-order chi connectivity index (χ1) is 17.6. The molecule has 0 aliphatic heterocycles. The molecule has 8 nitrogen and oxygen atoms in total. The van der Waals surface area contributed by atoms with E-state index >= 15 is 0 Å². The lowest BCUT2D eigenvalue weighted by atomic mass is 10.0. The van der Waals surface area contributed by atoms with Gasteiger partial charge in [-0.2, -0.15) is 0 Å². The van der Waals surface area contributed by atoms with Crippen LogP contribution in [-0.2, 0) is 22.2 Å². The summed E-state index contributed by atoms with van der Waals surface area (Å²) in [4.78, 5) is 28.1. The number of anilines is 1. The molecule has 0 aliphatic carbocycles. The number of nitrogens with one attached hydrogen (secondary N) is 2. The molecule has 0 saturated heterocycles. The maximum Gasteiger partial charge on any atom is 0.573 e. The molecule has 0 spiro atoms. The van der Waals surface area contributed by atoms with Crippen molar-refractivity contribution in [2.24, 2.45) is 0 Å². The van der Waals surface area contributed by atoms with Crippen molar-refractivity contribution in [2.75, 3.05) is 11.4 Å². The number of halogens is 3. The molecule has 12 heteroatoms. The Labute approximate surface area is 223 Å². The lowest BCUT2D eigenvalue weighted by Gasteiger charge is -2.27. The molecule has 208 valence electrons. The van der Waals surface area contributed by atoms with Crippen LogP contribution >= 0.6 is 0 Å². The van der Waals surface area contributed by atoms with Gasteiger partial charge in [0.15, 0.2) is 11.0 Å². The molecule has 3 aromatic carbocycles. The summed E-state index contributed by atoms with van der Waals surface area (Å²) < 4.78 is 56.4. The second kappa shape index (κ2) is 13.6. The maximum absolute atomic E-state index is 13.5. The van der Waals surface area contributed by atoms with Crippen molar-refractivity contribution in [3.8, 4) is 5.75 Å². The fraction of sp³-hybridized carbons (Fsp3) is 0.231. The van der Waals surface area contributed by atoms with Crippen LogP contribution in [0.5, 0.6) is 5.75 Å². The largest absolute Gasteiger partial charge is 0.573 e. The highest BCUT2D eigenvalue weighted by Gasteiger charge is 2.31. The third-order valence-electron chi connectivity index (χ3n) is 5.33. The number of hydrogen-bond acceptors (Lipinski definition) is 4. The van der Waals surface area contributed by atoms with Crippen LogP contribution in [0.25, 0.3) is 0 Å². The zero-order chi connectivity index (χ0) is 27.0. The number of rotatable bonds is 9. The van der Waals surface area contributed by atoms with Crippen molar-refractivity contribution >= 4 is 28.6 Å². The molecule has 3 amide bonds. The first-order valence-electron chi connectivity index (χ1n) is 11.3. The van der Waals surface area contributed by atoms with Crippen LogP contribution in [-0.4, -0.2) is 40.6 Å². The Balaban J connectivity index is 0.00000507. The van der Waals surface area contributed by atoms with Gasteiger partial charge in [-0.15, -0.1) is 13.2 Å². The lowest BCUT2D eigenvalue weighted by molar-refractivity contribution is -0.274. The smallest absolute Gasteiger partial charge is 0.412 e. The van der Waals surface area contributed by atoms with Crippen LogP contribution in [0.1, 0.15) is 20.9 Å². The minimum absolute atomic E-state index is 0. The number of likely N-dealkylation sites (N-methyl/N-ethyl adjacent to an activating group) is 1. The Morgan fingerprint density at radius 3 is 2.18 bits per heavy atom. The summed E-state index contributed by atoms with van der Waals surface area (Å²) in [7, 11) is -1.85. The van der Waals surface area contributed by atoms with Gasteiger partial charge in [0.2, 0.25) is 5.91 Å². The number of benzene rings is 3. The molecule has 3 rings (SSSR count). The fourth-order valence-corrected chi connectivity index (χ4v) is 4.52. The zero-order valence-electron chi connectivity index (χ0n) is 20.6. The molecule has 3 aromatic rings. The van der Waals surface area contributed by atoms with Crippen LogP contribution in [0.3, 0.4) is 0 Å². The molecule has 2 unspecified atom stereocenters. The first-order valence-corrected chi connectivity index (χ1v) is 12.5. The molecule has 0 radical (unpaired) electrons. The van der Waals surface area contributed by atoms with Gasteiger partial charge in [-0.1, -0.05) is 48.5 Å². The molecule has 0 bridgehead atoms. The highest BCUT2D eigenvalue weighted by atomic mass is 32.2. The number of nitrogens with zero attached hydrogens (tertiary/aromatic N) is 1. The first kappa shape index (κ1) is 30.3. The van der Waals surface area contributed by atoms with Crippen molar-refractivity contribution in [3.63, 3.8) is 0 Å². The van der Waals surface area contributed by atoms with Gasteiger partial charge in [-0.05, 0) is 55.3 Å². The number of amides is 3. The van der Waals surface area contributed by atoms with E-state index in [0.717, 1.165) is 23.3 Å². The van der Waals surface area contributed by atoms with Gasteiger partial charge >= 0.3 is 12.4 Å². The molecule has 4 N–H and O–H groups in total. The van der Waals surface area contributed by atoms with Crippen LogP contribution in [0.4, 0.5) is 23.7 Å². The van der Waals surface area contributed by atoms with Crippen LogP contribution < -0.4 is 19.7 Å². The Hall–Kier alpha value is -3.90. The summed E-state index contributed by atoms with van der Waals surface area (Å²) in [5.41, 5.74) is 1.82. The minimum atomic E-state index is -4.84. The van der Waals surface area contributed by atoms with Crippen molar-refractivity contribution in [1.29, 1.82) is 0 Å². The second-order valence-electron chi connectivity index (χ2n) is 7.98. The van der Waals surface area contributed by atoms with E-state index < -0.39 is 41.1 Å². The summed E-state index contributed by atoms with van der Waals surface area (Å²) in [6, 6.07) is 18.9. The summed E-state index contributed by atoms with van der Waals surface area (Å²) in [5.74, 6) is -0.913. The number of hydrogen-bond donors (Lipinski definition) is 2. The number of carbonyl (C=O) groups excluding carboxylic acids is 2. The number of aryl methyl sites for hydroxylation is 1. The average Bonchev–Trinajstić information content (AvgIpc) is 2.85. The number of urea groups is 1. The monoisotopic (exact) mass is 555 g/mol. The number of alkyl halides is 3. The summed E-state index contributed by atoms with van der Waals surface area (Å²) in [6.07, 6.45) is -4.70.